The van der Waals surface area contributed by atoms with Gasteiger partial charge in [-0.1, -0.05) is 30.3 Å². The van der Waals surface area contributed by atoms with Crippen LogP contribution in [0.4, 0.5) is 30.2 Å². The minimum Gasteiger partial charge on any atom is -0.481 e. The monoisotopic (exact) mass is 457 g/mol. The second-order valence-corrected chi connectivity index (χ2v) is 7.50. The van der Waals surface area contributed by atoms with Gasteiger partial charge >= 0.3 is 18.1 Å². The van der Waals surface area contributed by atoms with E-state index < -0.39 is 23.7 Å². The molecule has 0 unspecified atom stereocenters. The molecule has 3 aromatic rings. The number of carboxylic acid groups (broad SMARTS) is 2. The first-order valence-corrected chi connectivity index (χ1v) is 10.2. The van der Waals surface area contributed by atoms with E-state index in [0.717, 1.165) is 23.3 Å². The van der Waals surface area contributed by atoms with Gasteiger partial charge < -0.3 is 15.1 Å². The Kier molecular flexibility index (Phi) is 7.37. The number of rotatable bonds is 9. The summed E-state index contributed by atoms with van der Waals surface area (Å²) in [7, 11) is 0. The van der Waals surface area contributed by atoms with Gasteiger partial charge in [-0.3, -0.25) is 9.59 Å². The molecule has 33 heavy (non-hydrogen) atoms. The van der Waals surface area contributed by atoms with Crippen LogP contribution in [-0.4, -0.2) is 22.2 Å². The van der Waals surface area contributed by atoms with E-state index >= 15 is 0 Å². The summed E-state index contributed by atoms with van der Waals surface area (Å²) in [5, 5.41) is 17.7. The van der Waals surface area contributed by atoms with Gasteiger partial charge in [-0.2, -0.15) is 13.2 Å². The van der Waals surface area contributed by atoms with E-state index in [9.17, 15) is 22.8 Å². The van der Waals surface area contributed by atoms with Crippen molar-refractivity contribution < 1.29 is 33.0 Å². The minimum atomic E-state index is -4.50. The Bertz CT molecular complexity index is 1050. The first-order valence-electron chi connectivity index (χ1n) is 10.2. The number of carbonyl (C=O) groups is 2. The number of anilines is 3. The molecule has 0 heterocycles. The summed E-state index contributed by atoms with van der Waals surface area (Å²) in [4.78, 5) is 23.3. The SMILES string of the molecule is O=C(O)CCc1ccc(N(c2ccc(CCC(=O)O)cc2)c2cccc(C(F)(F)F)c2)cc1. The van der Waals surface area contributed by atoms with Crippen molar-refractivity contribution in [1.82, 2.24) is 0 Å². The van der Waals surface area contributed by atoms with Crippen LogP contribution in [0.3, 0.4) is 0 Å². The Balaban J connectivity index is 1.98. The smallest absolute Gasteiger partial charge is 0.416 e. The van der Waals surface area contributed by atoms with E-state index in [-0.39, 0.29) is 12.8 Å². The molecule has 0 amide bonds. The average Bonchev–Trinajstić information content (AvgIpc) is 2.78. The van der Waals surface area contributed by atoms with Crippen LogP contribution < -0.4 is 4.90 Å². The van der Waals surface area contributed by atoms with Crippen molar-refractivity contribution in [1.29, 1.82) is 0 Å². The van der Waals surface area contributed by atoms with Crippen molar-refractivity contribution in [3.05, 3.63) is 89.5 Å². The molecule has 3 aromatic carbocycles. The van der Waals surface area contributed by atoms with Crippen LogP contribution in [0, 0.1) is 0 Å². The lowest BCUT2D eigenvalue weighted by Gasteiger charge is -2.26. The summed E-state index contributed by atoms with van der Waals surface area (Å²) in [5.41, 5.74) is 2.34. The highest BCUT2D eigenvalue weighted by atomic mass is 19.4. The molecule has 8 heteroatoms. The van der Waals surface area contributed by atoms with Crippen molar-refractivity contribution in [2.24, 2.45) is 0 Å². The first kappa shape index (κ1) is 23.8. The maximum absolute atomic E-state index is 13.3. The molecule has 0 atom stereocenters. The molecule has 0 aliphatic heterocycles. The zero-order chi connectivity index (χ0) is 24.0. The lowest BCUT2D eigenvalue weighted by Crippen LogP contribution is -2.12. The van der Waals surface area contributed by atoms with Crippen molar-refractivity contribution in [2.75, 3.05) is 4.90 Å². The number of alkyl halides is 3. The van der Waals surface area contributed by atoms with Crippen LogP contribution in [0.1, 0.15) is 29.5 Å². The molecule has 0 saturated heterocycles. The highest BCUT2D eigenvalue weighted by Crippen LogP contribution is 2.38. The van der Waals surface area contributed by atoms with Crippen LogP contribution in [0.5, 0.6) is 0 Å². The molecule has 0 aliphatic carbocycles. The molecule has 0 aliphatic rings. The Morgan fingerprint density at radius 1 is 0.697 bits per heavy atom. The number of benzene rings is 3. The minimum absolute atomic E-state index is 0.0194. The average molecular weight is 457 g/mol. The van der Waals surface area contributed by atoms with Crippen LogP contribution in [0.2, 0.25) is 0 Å². The number of halogens is 3. The molecule has 0 aromatic heterocycles. The number of carboxylic acids is 2. The summed E-state index contributed by atoms with van der Waals surface area (Å²) in [5.74, 6) is -1.82. The standard InChI is InChI=1S/C25H22F3NO4/c26-25(27,28)19-2-1-3-22(16-19)29(20-10-4-17(5-11-20)8-14-23(30)31)21-12-6-18(7-13-21)9-15-24(32)33/h1-7,10-13,16H,8-9,14-15H2,(H,30,31)(H,32,33). The molecule has 2 N–H and O–H groups in total. The second kappa shape index (κ2) is 10.2. The van der Waals surface area contributed by atoms with Gasteiger partial charge in [-0.05, 0) is 66.4 Å². The van der Waals surface area contributed by atoms with Crippen LogP contribution in [-0.2, 0) is 28.6 Å². The van der Waals surface area contributed by atoms with Crippen LogP contribution in [0.15, 0.2) is 72.8 Å². The maximum Gasteiger partial charge on any atom is 0.416 e. The third-order valence-corrected chi connectivity index (χ3v) is 5.08. The fourth-order valence-corrected chi connectivity index (χ4v) is 3.39. The Labute approximate surface area is 188 Å². The zero-order valence-corrected chi connectivity index (χ0v) is 17.5. The van der Waals surface area contributed by atoms with Gasteiger partial charge in [0.1, 0.15) is 0 Å². The predicted octanol–water partition coefficient (Wildman–Crippen LogP) is 6.21. The molecule has 0 fully saturated rings. The quantitative estimate of drug-likeness (QED) is 0.400. The molecular formula is C25H22F3NO4. The molecule has 172 valence electrons. The van der Waals surface area contributed by atoms with Gasteiger partial charge in [0.25, 0.3) is 0 Å². The first-order chi connectivity index (χ1) is 15.6. The fourth-order valence-electron chi connectivity index (χ4n) is 3.39. The summed E-state index contributed by atoms with van der Waals surface area (Å²) >= 11 is 0. The lowest BCUT2D eigenvalue weighted by molar-refractivity contribution is -0.138. The van der Waals surface area contributed by atoms with Gasteiger partial charge in [-0.15, -0.1) is 0 Å². The number of aryl methyl sites for hydroxylation is 2. The third-order valence-electron chi connectivity index (χ3n) is 5.08. The number of aliphatic carboxylic acids is 2. The fraction of sp³-hybridized carbons (Fsp3) is 0.200. The van der Waals surface area contributed by atoms with Gasteiger partial charge in [0, 0.05) is 29.9 Å². The molecular weight excluding hydrogens is 435 g/mol. The van der Waals surface area contributed by atoms with E-state index in [4.69, 9.17) is 10.2 Å². The third kappa shape index (κ3) is 6.58. The van der Waals surface area contributed by atoms with Crippen LogP contribution >= 0.6 is 0 Å². The highest BCUT2D eigenvalue weighted by Gasteiger charge is 2.31. The van der Waals surface area contributed by atoms with Gasteiger partial charge in [0.05, 0.1) is 5.56 Å². The number of hydrogen-bond acceptors (Lipinski definition) is 3. The van der Waals surface area contributed by atoms with Gasteiger partial charge in [0.15, 0.2) is 0 Å². The Hall–Kier alpha value is -3.81. The van der Waals surface area contributed by atoms with Gasteiger partial charge in [0.2, 0.25) is 0 Å². The Morgan fingerprint density at radius 3 is 1.55 bits per heavy atom. The summed E-state index contributed by atoms with van der Waals surface area (Å²) in [6.45, 7) is 0. The number of hydrogen-bond donors (Lipinski definition) is 2. The lowest BCUT2D eigenvalue weighted by atomic mass is 10.1. The predicted molar refractivity (Wildman–Crippen MR) is 118 cm³/mol. The maximum atomic E-state index is 13.3. The second-order valence-electron chi connectivity index (χ2n) is 7.50. The van der Waals surface area contributed by atoms with E-state index in [1.54, 1.807) is 59.5 Å². The van der Waals surface area contributed by atoms with E-state index in [1.807, 2.05) is 0 Å². The Morgan fingerprint density at radius 2 is 1.15 bits per heavy atom. The molecule has 3 rings (SSSR count). The summed E-state index contributed by atoms with van der Waals surface area (Å²) in [6, 6.07) is 18.9. The zero-order valence-electron chi connectivity index (χ0n) is 17.5. The topological polar surface area (TPSA) is 77.8 Å². The van der Waals surface area contributed by atoms with Crippen molar-refractivity contribution in [3.63, 3.8) is 0 Å². The van der Waals surface area contributed by atoms with Crippen molar-refractivity contribution in [2.45, 2.75) is 31.9 Å². The normalized spacial score (nSPS) is 11.2. The molecule has 0 bridgehead atoms. The van der Waals surface area contributed by atoms with Gasteiger partial charge in [-0.25, -0.2) is 0 Å². The molecule has 0 radical (unpaired) electrons. The number of nitrogens with zero attached hydrogens (tertiary/aromatic N) is 1. The largest absolute Gasteiger partial charge is 0.481 e. The molecule has 5 nitrogen and oxygen atoms in total. The van der Waals surface area contributed by atoms with Crippen molar-refractivity contribution >= 4 is 29.0 Å². The van der Waals surface area contributed by atoms with E-state index in [2.05, 4.69) is 0 Å². The van der Waals surface area contributed by atoms with E-state index in [0.29, 0.717) is 29.9 Å². The van der Waals surface area contributed by atoms with Crippen molar-refractivity contribution in [3.8, 4) is 0 Å². The molecule has 0 spiro atoms. The van der Waals surface area contributed by atoms with E-state index in [1.165, 1.54) is 6.07 Å². The van der Waals surface area contributed by atoms with Crippen LogP contribution in [0.25, 0.3) is 0 Å². The summed E-state index contributed by atoms with van der Waals surface area (Å²) in [6.07, 6.45) is -3.85. The summed E-state index contributed by atoms with van der Waals surface area (Å²) < 4.78 is 40.0. The molecule has 0 saturated carbocycles. The highest BCUT2D eigenvalue weighted by molar-refractivity contribution is 5.77.